The third-order valence-corrected chi connectivity index (χ3v) is 3.06. The predicted molar refractivity (Wildman–Crippen MR) is 41.8 cm³/mol. The van der Waals surface area contributed by atoms with Gasteiger partial charge in [-0.1, -0.05) is 20.3 Å². The summed E-state index contributed by atoms with van der Waals surface area (Å²) in [6, 6.07) is 0. The molecule has 1 aliphatic carbocycles. The van der Waals surface area contributed by atoms with Crippen LogP contribution in [0.25, 0.3) is 0 Å². The van der Waals surface area contributed by atoms with E-state index >= 15 is 0 Å². The third-order valence-electron chi connectivity index (χ3n) is 3.06. The van der Waals surface area contributed by atoms with E-state index in [9.17, 15) is 4.79 Å². The van der Waals surface area contributed by atoms with Gasteiger partial charge < -0.3 is 0 Å². The van der Waals surface area contributed by atoms with Gasteiger partial charge in [-0.2, -0.15) is 0 Å². The maximum absolute atomic E-state index is 11.1. The Hall–Kier alpha value is -0.330. The first-order valence-electron chi connectivity index (χ1n) is 4.18. The Morgan fingerprint density at radius 2 is 2.20 bits per heavy atom. The first-order valence-corrected chi connectivity index (χ1v) is 4.18. The lowest BCUT2D eigenvalue weighted by Gasteiger charge is -2.08. The molecule has 0 saturated heterocycles. The molecule has 0 aromatic heterocycles. The summed E-state index contributed by atoms with van der Waals surface area (Å²) in [4.78, 5) is 11.1. The summed E-state index contributed by atoms with van der Waals surface area (Å²) in [5.74, 6) is 1.11. The Labute approximate surface area is 62.8 Å². The van der Waals surface area contributed by atoms with Gasteiger partial charge in [0.05, 0.1) is 0 Å². The summed E-state index contributed by atoms with van der Waals surface area (Å²) in [5.41, 5.74) is 0.120. The van der Waals surface area contributed by atoms with Crippen molar-refractivity contribution in [2.75, 3.05) is 0 Å². The molecule has 1 saturated carbocycles. The SMILES string of the molecule is CCC1CC1(CC)C(C)=O. The van der Waals surface area contributed by atoms with Crippen LogP contribution in [0.5, 0.6) is 0 Å². The van der Waals surface area contributed by atoms with Gasteiger partial charge in [0.1, 0.15) is 5.78 Å². The van der Waals surface area contributed by atoms with Gasteiger partial charge in [-0.3, -0.25) is 4.79 Å². The molecule has 1 aliphatic rings. The average Bonchev–Trinajstić information content (AvgIpc) is 2.62. The van der Waals surface area contributed by atoms with Gasteiger partial charge in [0.15, 0.2) is 0 Å². The fourth-order valence-corrected chi connectivity index (χ4v) is 2.03. The van der Waals surface area contributed by atoms with E-state index in [1.807, 2.05) is 0 Å². The second-order valence-electron chi connectivity index (χ2n) is 3.38. The van der Waals surface area contributed by atoms with Crippen LogP contribution in [0.4, 0.5) is 0 Å². The number of carbonyl (C=O) groups excluding carboxylic acids is 1. The van der Waals surface area contributed by atoms with Crippen molar-refractivity contribution >= 4 is 5.78 Å². The Kier molecular flexibility index (Phi) is 1.84. The van der Waals surface area contributed by atoms with Crippen LogP contribution in [-0.2, 0) is 4.79 Å². The summed E-state index contributed by atoms with van der Waals surface area (Å²) in [6.07, 6.45) is 3.36. The summed E-state index contributed by atoms with van der Waals surface area (Å²) in [6.45, 7) is 6.03. The van der Waals surface area contributed by atoms with E-state index in [4.69, 9.17) is 0 Å². The van der Waals surface area contributed by atoms with Crippen LogP contribution < -0.4 is 0 Å². The normalized spacial score (nSPS) is 37.7. The molecule has 0 spiro atoms. The molecule has 2 unspecified atom stereocenters. The van der Waals surface area contributed by atoms with E-state index in [-0.39, 0.29) is 5.41 Å². The number of Topliss-reactive ketones (excluding diaryl/α,β-unsaturated/α-hetero) is 1. The summed E-state index contributed by atoms with van der Waals surface area (Å²) in [5, 5.41) is 0. The van der Waals surface area contributed by atoms with Gasteiger partial charge in [-0.25, -0.2) is 0 Å². The minimum absolute atomic E-state index is 0.120. The largest absolute Gasteiger partial charge is 0.299 e. The molecule has 0 bridgehead atoms. The molecule has 0 amide bonds. The highest BCUT2D eigenvalue weighted by atomic mass is 16.1. The number of carbonyl (C=O) groups is 1. The monoisotopic (exact) mass is 140 g/mol. The molecule has 1 nitrogen and oxygen atoms in total. The molecule has 2 atom stereocenters. The van der Waals surface area contributed by atoms with Crippen molar-refractivity contribution in [2.45, 2.75) is 40.0 Å². The zero-order valence-corrected chi connectivity index (χ0v) is 7.11. The Bertz CT molecular complexity index is 151. The van der Waals surface area contributed by atoms with E-state index in [0.29, 0.717) is 11.7 Å². The smallest absolute Gasteiger partial charge is 0.136 e. The Morgan fingerprint density at radius 1 is 1.60 bits per heavy atom. The zero-order chi connectivity index (χ0) is 7.78. The first-order chi connectivity index (χ1) is 4.67. The molecule has 10 heavy (non-hydrogen) atoms. The fraction of sp³-hybridized carbons (Fsp3) is 0.889. The highest BCUT2D eigenvalue weighted by Gasteiger charge is 2.54. The van der Waals surface area contributed by atoms with Crippen molar-refractivity contribution in [2.24, 2.45) is 11.3 Å². The topological polar surface area (TPSA) is 17.1 Å². The molecule has 0 aromatic carbocycles. The van der Waals surface area contributed by atoms with Crippen LogP contribution in [0.2, 0.25) is 0 Å². The van der Waals surface area contributed by atoms with Gasteiger partial charge in [-0.15, -0.1) is 0 Å². The Balaban J connectivity index is 2.59. The molecule has 1 rings (SSSR count). The van der Waals surface area contributed by atoms with E-state index in [2.05, 4.69) is 13.8 Å². The second kappa shape index (κ2) is 2.37. The maximum Gasteiger partial charge on any atom is 0.136 e. The predicted octanol–water partition coefficient (Wildman–Crippen LogP) is 2.40. The maximum atomic E-state index is 11.1. The van der Waals surface area contributed by atoms with Gasteiger partial charge in [0, 0.05) is 5.41 Å². The molecular formula is C9H16O. The van der Waals surface area contributed by atoms with E-state index in [0.717, 1.165) is 12.8 Å². The number of hydrogen-bond donors (Lipinski definition) is 0. The van der Waals surface area contributed by atoms with Crippen molar-refractivity contribution in [1.82, 2.24) is 0 Å². The van der Waals surface area contributed by atoms with Crippen molar-refractivity contribution in [3.63, 3.8) is 0 Å². The molecule has 0 aromatic rings. The van der Waals surface area contributed by atoms with Crippen molar-refractivity contribution in [1.29, 1.82) is 0 Å². The van der Waals surface area contributed by atoms with Gasteiger partial charge in [0.25, 0.3) is 0 Å². The zero-order valence-electron chi connectivity index (χ0n) is 7.11. The molecule has 1 fully saturated rings. The molecule has 0 aliphatic heterocycles. The average molecular weight is 140 g/mol. The summed E-state index contributed by atoms with van der Waals surface area (Å²) in [7, 11) is 0. The summed E-state index contributed by atoms with van der Waals surface area (Å²) < 4.78 is 0. The lowest BCUT2D eigenvalue weighted by atomic mass is 9.95. The second-order valence-corrected chi connectivity index (χ2v) is 3.38. The van der Waals surface area contributed by atoms with Crippen molar-refractivity contribution < 1.29 is 4.79 Å². The van der Waals surface area contributed by atoms with Crippen LogP contribution >= 0.6 is 0 Å². The van der Waals surface area contributed by atoms with Crippen molar-refractivity contribution in [3.05, 3.63) is 0 Å². The summed E-state index contributed by atoms with van der Waals surface area (Å²) >= 11 is 0. The molecule has 0 heterocycles. The lowest BCUT2D eigenvalue weighted by molar-refractivity contribution is -0.122. The third kappa shape index (κ3) is 0.882. The molecule has 1 heteroatoms. The van der Waals surface area contributed by atoms with Gasteiger partial charge in [-0.05, 0) is 25.7 Å². The van der Waals surface area contributed by atoms with Crippen LogP contribution in [-0.4, -0.2) is 5.78 Å². The van der Waals surface area contributed by atoms with E-state index < -0.39 is 0 Å². The number of rotatable bonds is 3. The fourth-order valence-electron chi connectivity index (χ4n) is 2.03. The number of hydrogen-bond acceptors (Lipinski definition) is 1. The minimum atomic E-state index is 0.120. The van der Waals surface area contributed by atoms with Crippen LogP contribution in [0.15, 0.2) is 0 Å². The molecule has 58 valence electrons. The van der Waals surface area contributed by atoms with Gasteiger partial charge >= 0.3 is 0 Å². The van der Waals surface area contributed by atoms with Crippen LogP contribution in [0.3, 0.4) is 0 Å². The highest BCUT2D eigenvalue weighted by molar-refractivity contribution is 5.85. The molecule has 0 radical (unpaired) electrons. The minimum Gasteiger partial charge on any atom is -0.299 e. The Morgan fingerprint density at radius 3 is 2.30 bits per heavy atom. The number of ketones is 1. The first kappa shape index (κ1) is 7.77. The molecular weight excluding hydrogens is 124 g/mol. The van der Waals surface area contributed by atoms with E-state index in [1.165, 1.54) is 6.42 Å². The van der Waals surface area contributed by atoms with Crippen molar-refractivity contribution in [3.8, 4) is 0 Å². The quantitative estimate of drug-likeness (QED) is 0.588. The van der Waals surface area contributed by atoms with E-state index in [1.54, 1.807) is 6.92 Å². The highest BCUT2D eigenvalue weighted by Crippen LogP contribution is 2.57. The standard InChI is InChI=1S/C9H16O/c1-4-8-6-9(8,5-2)7(3)10/h8H,4-6H2,1-3H3. The molecule has 0 N–H and O–H groups in total. The lowest BCUT2D eigenvalue weighted by Crippen LogP contribution is -2.13. The van der Waals surface area contributed by atoms with Gasteiger partial charge in [0.2, 0.25) is 0 Å². The van der Waals surface area contributed by atoms with Crippen LogP contribution in [0, 0.1) is 11.3 Å². The van der Waals surface area contributed by atoms with Crippen LogP contribution in [0.1, 0.15) is 40.0 Å².